The lowest BCUT2D eigenvalue weighted by atomic mass is 10.0. The van der Waals surface area contributed by atoms with E-state index >= 15 is 0 Å². The van der Waals surface area contributed by atoms with Gasteiger partial charge < -0.3 is 10.1 Å². The van der Waals surface area contributed by atoms with Gasteiger partial charge >= 0.3 is 0 Å². The quantitative estimate of drug-likeness (QED) is 0.897. The average Bonchev–Trinajstić information content (AvgIpc) is 2.49. The molecule has 1 N–H and O–H groups in total. The van der Waals surface area contributed by atoms with Gasteiger partial charge in [-0.25, -0.2) is 0 Å². The first-order valence-electron chi connectivity index (χ1n) is 7.00. The first kappa shape index (κ1) is 15.6. The van der Waals surface area contributed by atoms with Gasteiger partial charge in [0.05, 0.1) is 7.11 Å². The number of ether oxygens (including phenoxy) is 1. The summed E-state index contributed by atoms with van der Waals surface area (Å²) in [6.45, 7) is 7.09. The van der Waals surface area contributed by atoms with Crippen molar-refractivity contribution in [2.24, 2.45) is 0 Å². The van der Waals surface area contributed by atoms with Crippen molar-refractivity contribution in [3.8, 4) is 17.0 Å². The lowest BCUT2D eigenvalue weighted by Crippen LogP contribution is -2.07. The van der Waals surface area contributed by atoms with E-state index in [0.717, 1.165) is 46.9 Å². The fourth-order valence-corrected chi connectivity index (χ4v) is 2.31. The van der Waals surface area contributed by atoms with E-state index in [1.54, 1.807) is 13.2 Å². The van der Waals surface area contributed by atoms with Crippen LogP contribution in [0.15, 0.2) is 18.2 Å². The van der Waals surface area contributed by atoms with Gasteiger partial charge in [0.25, 0.3) is 0 Å². The van der Waals surface area contributed by atoms with E-state index in [4.69, 9.17) is 16.3 Å². The zero-order valence-electron chi connectivity index (χ0n) is 12.8. The molecule has 1 heterocycles. The predicted octanol–water partition coefficient (Wildman–Crippen LogP) is 4.24. The molecule has 1 aromatic heterocycles. The molecule has 2 aromatic rings. The van der Waals surface area contributed by atoms with E-state index in [1.165, 1.54) is 0 Å². The van der Waals surface area contributed by atoms with Crippen LogP contribution in [0, 0.1) is 13.8 Å². The third-order valence-corrected chi connectivity index (χ3v) is 3.72. The van der Waals surface area contributed by atoms with Gasteiger partial charge in [0.2, 0.25) is 0 Å². The molecule has 0 saturated heterocycles. The second-order valence-electron chi connectivity index (χ2n) is 4.92. The molecule has 0 fully saturated rings. The second-order valence-corrected chi connectivity index (χ2v) is 5.36. The second kappa shape index (κ2) is 6.76. The minimum atomic E-state index is 0.651. The van der Waals surface area contributed by atoms with Gasteiger partial charge in [-0.3, -0.25) is 0 Å². The average molecular weight is 306 g/mol. The molecule has 5 heteroatoms. The van der Waals surface area contributed by atoms with Gasteiger partial charge in [-0.05, 0) is 49.6 Å². The van der Waals surface area contributed by atoms with Crippen molar-refractivity contribution in [3.05, 3.63) is 34.3 Å². The minimum absolute atomic E-state index is 0.651. The summed E-state index contributed by atoms with van der Waals surface area (Å²) in [4.78, 5) is 0. The van der Waals surface area contributed by atoms with E-state index in [9.17, 15) is 0 Å². The summed E-state index contributed by atoms with van der Waals surface area (Å²) in [6.07, 6.45) is 1.05. The molecule has 21 heavy (non-hydrogen) atoms. The number of hydrogen-bond donors (Lipinski definition) is 1. The zero-order chi connectivity index (χ0) is 15.4. The van der Waals surface area contributed by atoms with Crippen molar-refractivity contribution in [3.63, 3.8) is 0 Å². The summed E-state index contributed by atoms with van der Waals surface area (Å²) in [5.74, 6) is 1.57. The largest absolute Gasteiger partial charge is 0.496 e. The fourth-order valence-electron chi connectivity index (χ4n) is 2.14. The number of hydrogen-bond acceptors (Lipinski definition) is 4. The highest BCUT2D eigenvalue weighted by atomic mass is 35.5. The third kappa shape index (κ3) is 3.27. The molecule has 0 amide bonds. The number of methoxy groups -OCH3 is 1. The SMILES string of the molecule is CCCNc1nnc(-c2cc(Cl)ccc2OC)c(C)c1C. The fraction of sp³-hybridized carbons (Fsp3) is 0.375. The van der Waals surface area contributed by atoms with Gasteiger partial charge in [-0.15, -0.1) is 10.2 Å². The summed E-state index contributed by atoms with van der Waals surface area (Å²) < 4.78 is 5.40. The van der Waals surface area contributed by atoms with E-state index in [1.807, 2.05) is 26.0 Å². The van der Waals surface area contributed by atoms with Gasteiger partial charge in [0, 0.05) is 17.1 Å². The molecule has 0 aliphatic heterocycles. The number of rotatable bonds is 5. The number of anilines is 1. The van der Waals surface area contributed by atoms with Crippen molar-refractivity contribution in [1.82, 2.24) is 10.2 Å². The molecule has 0 spiro atoms. The van der Waals surface area contributed by atoms with E-state index in [-0.39, 0.29) is 0 Å². The molecular formula is C16H20ClN3O. The molecule has 0 atom stereocenters. The maximum atomic E-state index is 6.10. The van der Waals surface area contributed by atoms with Crippen LogP contribution < -0.4 is 10.1 Å². The van der Waals surface area contributed by atoms with Crippen LogP contribution in [0.1, 0.15) is 24.5 Å². The Morgan fingerprint density at radius 3 is 2.62 bits per heavy atom. The number of nitrogens with zero attached hydrogens (tertiary/aromatic N) is 2. The molecule has 0 bridgehead atoms. The summed E-state index contributed by atoms with van der Waals surface area (Å²) in [6, 6.07) is 5.50. The molecule has 0 aliphatic rings. The van der Waals surface area contributed by atoms with Crippen molar-refractivity contribution in [1.29, 1.82) is 0 Å². The topological polar surface area (TPSA) is 47.0 Å². The molecule has 1 aromatic carbocycles. The number of halogens is 1. The lowest BCUT2D eigenvalue weighted by molar-refractivity contribution is 0.416. The molecular weight excluding hydrogens is 286 g/mol. The normalized spacial score (nSPS) is 10.5. The van der Waals surface area contributed by atoms with Crippen LogP contribution in [0.4, 0.5) is 5.82 Å². The summed E-state index contributed by atoms with van der Waals surface area (Å²) in [5, 5.41) is 12.6. The molecule has 0 unspecified atom stereocenters. The van der Waals surface area contributed by atoms with Crippen molar-refractivity contribution in [2.45, 2.75) is 27.2 Å². The number of benzene rings is 1. The van der Waals surface area contributed by atoms with Crippen molar-refractivity contribution >= 4 is 17.4 Å². The van der Waals surface area contributed by atoms with Crippen LogP contribution >= 0.6 is 11.6 Å². The predicted molar refractivity (Wildman–Crippen MR) is 87.3 cm³/mol. The van der Waals surface area contributed by atoms with Crippen LogP contribution in [0.25, 0.3) is 11.3 Å². The van der Waals surface area contributed by atoms with Crippen LogP contribution in [-0.2, 0) is 0 Å². The maximum Gasteiger partial charge on any atom is 0.151 e. The Morgan fingerprint density at radius 1 is 1.19 bits per heavy atom. The first-order chi connectivity index (χ1) is 10.1. The Balaban J connectivity index is 2.50. The van der Waals surface area contributed by atoms with E-state index < -0.39 is 0 Å². The standard InChI is InChI=1S/C16H20ClN3O/c1-5-8-18-16-11(3)10(2)15(19-20-16)13-9-12(17)6-7-14(13)21-4/h6-7,9H,5,8H2,1-4H3,(H,18,20). The van der Waals surface area contributed by atoms with Gasteiger partial charge in [-0.1, -0.05) is 18.5 Å². The highest BCUT2D eigenvalue weighted by molar-refractivity contribution is 6.31. The summed E-state index contributed by atoms with van der Waals surface area (Å²) in [5.41, 5.74) is 3.83. The Bertz CT molecular complexity index is 644. The van der Waals surface area contributed by atoms with E-state index in [2.05, 4.69) is 22.4 Å². The molecule has 4 nitrogen and oxygen atoms in total. The molecule has 2 rings (SSSR count). The van der Waals surface area contributed by atoms with Crippen LogP contribution in [-0.4, -0.2) is 23.9 Å². The van der Waals surface area contributed by atoms with Crippen molar-refractivity contribution in [2.75, 3.05) is 19.0 Å². The first-order valence-corrected chi connectivity index (χ1v) is 7.38. The summed E-state index contributed by atoms with van der Waals surface area (Å²) >= 11 is 6.10. The van der Waals surface area contributed by atoms with Gasteiger partial charge in [0.15, 0.2) is 5.82 Å². The highest BCUT2D eigenvalue weighted by Gasteiger charge is 2.15. The van der Waals surface area contributed by atoms with E-state index in [0.29, 0.717) is 5.02 Å². The van der Waals surface area contributed by atoms with Gasteiger partial charge in [-0.2, -0.15) is 0 Å². The van der Waals surface area contributed by atoms with Crippen LogP contribution in [0.3, 0.4) is 0 Å². The molecule has 0 aliphatic carbocycles. The Hall–Kier alpha value is -1.81. The molecule has 0 saturated carbocycles. The van der Waals surface area contributed by atoms with Crippen LogP contribution in [0.2, 0.25) is 5.02 Å². The Labute approximate surface area is 130 Å². The minimum Gasteiger partial charge on any atom is -0.496 e. The summed E-state index contributed by atoms with van der Waals surface area (Å²) in [7, 11) is 1.64. The molecule has 0 radical (unpaired) electrons. The monoisotopic (exact) mass is 305 g/mol. The van der Waals surface area contributed by atoms with Crippen molar-refractivity contribution < 1.29 is 4.74 Å². The Morgan fingerprint density at radius 2 is 1.95 bits per heavy atom. The number of aromatic nitrogens is 2. The molecule has 112 valence electrons. The maximum absolute atomic E-state index is 6.10. The zero-order valence-corrected chi connectivity index (χ0v) is 13.6. The number of nitrogens with one attached hydrogen (secondary N) is 1. The third-order valence-electron chi connectivity index (χ3n) is 3.48. The lowest BCUT2D eigenvalue weighted by Gasteiger charge is -2.14. The van der Waals surface area contributed by atoms with Gasteiger partial charge in [0.1, 0.15) is 11.4 Å². The highest BCUT2D eigenvalue weighted by Crippen LogP contribution is 2.34. The van der Waals surface area contributed by atoms with Crippen LogP contribution in [0.5, 0.6) is 5.75 Å². The Kier molecular flexibility index (Phi) is 5.02. The smallest absolute Gasteiger partial charge is 0.151 e.